The highest BCUT2D eigenvalue weighted by molar-refractivity contribution is 9.10. The maximum absolute atomic E-state index is 4.32. The zero-order valence-electron chi connectivity index (χ0n) is 31.3. The summed E-state index contributed by atoms with van der Waals surface area (Å²) in [5.41, 5.74) is 5.93. The fourth-order valence-corrected chi connectivity index (χ4v) is 13.3. The number of halogens is 1. The van der Waals surface area contributed by atoms with Crippen molar-refractivity contribution < 1.29 is 0 Å². The second-order valence-corrected chi connectivity index (χ2v) is 18.4. The molecule has 0 aliphatic rings. The Morgan fingerprint density at radius 2 is 0.814 bits per heavy atom. The first-order valence-corrected chi connectivity index (χ1v) is 22.4. The maximum Gasteiger partial charge on any atom is 0.108 e. The standard InChI is InChI=1S/C54H29BrN2S2/c55-51-44(21-11-22-45(51)57-42-26-24-38-34-16-3-1-12-30(34)32-14-5-7-18-36(32)47(38)49(42)41-28-29-58-54(41)57)56-43-27-25-39-35-17-4-2-13-31(35)33-15-6-8-19-37(33)48(39)50(43)53-52(56)40-20-9-10-23-46(40)59-53/h1-29H. The molecule has 0 fully saturated rings. The Balaban J connectivity index is 1.12. The molecule has 2 nitrogen and oxygen atoms in total. The first-order chi connectivity index (χ1) is 29.2. The van der Waals surface area contributed by atoms with E-state index in [2.05, 4.69) is 200 Å². The van der Waals surface area contributed by atoms with Gasteiger partial charge in [0, 0.05) is 37.0 Å². The summed E-state index contributed by atoms with van der Waals surface area (Å²) in [6.45, 7) is 0. The van der Waals surface area contributed by atoms with Crippen molar-refractivity contribution in [3.63, 3.8) is 0 Å². The van der Waals surface area contributed by atoms with Crippen LogP contribution in [0.1, 0.15) is 0 Å². The topological polar surface area (TPSA) is 9.86 Å². The van der Waals surface area contributed by atoms with Crippen LogP contribution in [0, 0.1) is 0 Å². The van der Waals surface area contributed by atoms with E-state index in [0.29, 0.717) is 0 Å². The average Bonchev–Trinajstić information content (AvgIpc) is 4.06. The van der Waals surface area contributed by atoms with Crippen molar-refractivity contribution in [1.29, 1.82) is 0 Å². The van der Waals surface area contributed by atoms with Crippen LogP contribution in [-0.4, -0.2) is 9.13 Å². The molecule has 14 rings (SSSR count). The minimum atomic E-state index is 1.06. The van der Waals surface area contributed by atoms with Gasteiger partial charge in [-0.1, -0.05) is 133 Å². The van der Waals surface area contributed by atoms with Crippen LogP contribution in [0.3, 0.4) is 0 Å². The SMILES string of the molecule is Brc1c(-n2c3ccc4c5ccccc5c5ccccc5c4c3c3ccsc32)cccc1-n1c2ccc3c4ccccc4c4ccccc4c3c2c2sc3ccccc3c21. The van der Waals surface area contributed by atoms with E-state index in [0.717, 1.165) is 15.8 Å². The van der Waals surface area contributed by atoms with Gasteiger partial charge in [0.15, 0.2) is 0 Å². The third-order valence-electron chi connectivity index (χ3n) is 12.8. The molecule has 0 aliphatic heterocycles. The van der Waals surface area contributed by atoms with Gasteiger partial charge in [-0.25, -0.2) is 0 Å². The lowest BCUT2D eigenvalue weighted by Gasteiger charge is -2.17. The Morgan fingerprint density at radius 3 is 1.41 bits per heavy atom. The Labute approximate surface area is 353 Å². The van der Waals surface area contributed by atoms with Crippen LogP contribution in [0.5, 0.6) is 0 Å². The predicted molar refractivity (Wildman–Crippen MR) is 261 cm³/mol. The normalized spacial score (nSPS) is 12.5. The quantitative estimate of drug-likeness (QED) is 0.153. The summed E-state index contributed by atoms with van der Waals surface area (Å²) in [4.78, 5) is 1.25. The van der Waals surface area contributed by atoms with Gasteiger partial charge in [0.05, 0.1) is 37.1 Å². The highest BCUT2D eigenvalue weighted by Gasteiger charge is 2.25. The molecule has 274 valence electrons. The van der Waals surface area contributed by atoms with Crippen LogP contribution in [-0.2, 0) is 0 Å². The van der Waals surface area contributed by atoms with Crippen molar-refractivity contribution in [3.8, 4) is 11.4 Å². The molecular weight excluding hydrogens is 821 g/mol. The Kier molecular flexibility index (Phi) is 6.49. The number of nitrogens with zero attached hydrogens (tertiary/aromatic N) is 2. The highest BCUT2D eigenvalue weighted by Crippen LogP contribution is 2.50. The van der Waals surface area contributed by atoms with Crippen molar-refractivity contribution in [3.05, 3.63) is 180 Å². The average molecular weight is 850 g/mol. The van der Waals surface area contributed by atoms with E-state index in [1.54, 1.807) is 0 Å². The summed E-state index contributed by atoms with van der Waals surface area (Å²) in [6.07, 6.45) is 0. The lowest BCUT2D eigenvalue weighted by Crippen LogP contribution is -2.01. The zero-order valence-corrected chi connectivity index (χ0v) is 34.6. The summed E-state index contributed by atoms with van der Waals surface area (Å²) in [7, 11) is 0. The number of hydrogen-bond donors (Lipinski definition) is 0. The third-order valence-corrected chi connectivity index (χ3v) is 15.7. The third kappa shape index (κ3) is 4.14. The molecule has 0 N–H and O–H groups in total. The summed E-state index contributed by atoms with van der Waals surface area (Å²) >= 11 is 8.04. The lowest BCUT2D eigenvalue weighted by molar-refractivity contribution is 1.13. The molecule has 4 aromatic heterocycles. The number of thiophene rings is 2. The first-order valence-electron chi connectivity index (χ1n) is 20.0. The van der Waals surface area contributed by atoms with Gasteiger partial charge in [0.2, 0.25) is 0 Å². The Morgan fingerprint density at radius 1 is 0.356 bits per heavy atom. The summed E-state index contributed by atoms with van der Waals surface area (Å²) in [5.74, 6) is 0. The molecule has 4 heterocycles. The molecule has 0 spiro atoms. The van der Waals surface area contributed by atoms with Gasteiger partial charge in [-0.15, -0.1) is 22.7 Å². The lowest BCUT2D eigenvalue weighted by atomic mass is 9.92. The van der Waals surface area contributed by atoms with Gasteiger partial charge in [-0.3, -0.25) is 4.57 Å². The highest BCUT2D eigenvalue weighted by atomic mass is 79.9. The van der Waals surface area contributed by atoms with Crippen molar-refractivity contribution in [1.82, 2.24) is 9.13 Å². The number of aromatic nitrogens is 2. The van der Waals surface area contributed by atoms with Gasteiger partial charge >= 0.3 is 0 Å². The molecule has 0 saturated heterocycles. The van der Waals surface area contributed by atoms with Gasteiger partial charge < -0.3 is 4.57 Å². The number of rotatable bonds is 2. The molecular formula is C54H29BrN2S2. The van der Waals surface area contributed by atoms with E-state index >= 15 is 0 Å². The molecule has 0 saturated carbocycles. The minimum Gasteiger partial charge on any atom is -0.306 e. The van der Waals surface area contributed by atoms with Crippen LogP contribution in [0.25, 0.3) is 128 Å². The molecule has 0 amide bonds. The molecule has 0 unspecified atom stereocenters. The van der Waals surface area contributed by atoms with E-state index in [1.807, 2.05) is 22.7 Å². The number of benzene rings is 10. The number of hydrogen-bond acceptors (Lipinski definition) is 2. The van der Waals surface area contributed by atoms with E-state index in [1.165, 1.54) is 117 Å². The maximum atomic E-state index is 4.32. The van der Waals surface area contributed by atoms with E-state index in [9.17, 15) is 0 Å². The van der Waals surface area contributed by atoms with E-state index in [4.69, 9.17) is 0 Å². The van der Waals surface area contributed by atoms with Crippen molar-refractivity contribution in [2.24, 2.45) is 0 Å². The summed E-state index contributed by atoms with van der Waals surface area (Å²) < 4.78 is 8.71. The molecule has 14 aromatic rings. The Hall–Kier alpha value is -6.50. The van der Waals surface area contributed by atoms with Crippen LogP contribution in [0.4, 0.5) is 0 Å². The monoisotopic (exact) mass is 848 g/mol. The van der Waals surface area contributed by atoms with Crippen molar-refractivity contribution >= 4 is 156 Å². The van der Waals surface area contributed by atoms with Gasteiger partial charge in [-0.2, -0.15) is 0 Å². The number of fused-ring (bicyclic) bond motifs is 22. The fraction of sp³-hybridized carbons (Fsp3) is 0. The van der Waals surface area contributed by atoms with E-state index in [-0.39, 0.29) is 0 Å². The van der Waals surface area contributed by atoms with Crippen molar-refractivity contribution in [2.75, 3.05) is 0 Å². The Bertz CT molecular complexity index is 4090. The fourth-order valence-electron chi connectivity index (χ4n) is 10.5. The zero-order chi connectivity index (χ0) is 38.5. The van der Waals surface area contributed by atoms with Gasteiger partial charge in [-0.05, 0) is 112 Å². The van der Waals surface area contributed by atoms with Crippen LogP contribution < -0.4 is 0 Å². The molecule has 0 bridgehead atoms. The van der Waals surface area contributed by atoms with Gasteiger partial charge in [0.1, 0.15) is 4.83 Å². The van der Waals surface area contributed by atoms with Crippen molar-refractivity contribution in [2.45, 2.75) is 0 Å². The van der Waals surface area contributed by atoms with Crippen LogP contribution in [0.15, 0.2) is 180 Å². The van der Waals surface area contributed by atoms with Crippen LogP contribution >= 0.6 is 38.6 Å². The van der Waals surface area contributed by atoms with Gasteiger partial charge in [0.25, 0.3) is 0 Å². The second kappa shape index (κ2) is 11.8. The molecule has 0 aliphatic carbocycles. The molecule has 0 radical (unpaired) electrons. The summed E-state index contributed by atoms with van der Waals surface area (Å²) in [6, 6.07) is 63.1. The summed E-state index contributed by atoms with van der Waals surface area (Å²) in [5, 5.41) is 23.0. The molecule has 10 aromatic carbocycles. The van der Waals surface area contributed by atoms with Crippen LogP contribution in [0.2, 0.25) is 0 Å². The molecule has 5 heteroatoms. The second-order valence-electron chi connectivity index (χ2n) is 15.6. The molecule has 59 heavy (non-hydrogen) atoms. The largest absolute Gasteiger partial charge is 0.306 e. The van der Waals surface area contributed by atoms with E-state index < -0.39 is 0 Å². The molecule has 0 atom stereocenters. The predicted octanol–water partition coefficient (Wildman–Crippen LogP) is 16.8. The minimum absolute atomic E-state index is 1.06. The first kappa shape index (κ1) is 32.5. The smallest absolute Gasteiger partial charge is 0.108 e.